The van der Waals surface area contributed by atoms with Crippen molar-refractivity contribution in [3.05, 3.63) is 230 Å². The molecule has 0 saturated heterocycles. The van der Waals surface area contributed by atoms with Crippen LogP contribution >= 0.6 is 0 Å². The lowest BCUT2D eigenvalue weighted by Crippen LogP contribution is -2.15. The summed E-state index contributed by atoms with van der Waals surface area (Å²) in [6.45, 7) is 4.71. The molecular weight excluding hydrogens is 789 g/mol. The fourth-order valence-electron chi connectivity index (χ4n) is 10.5. The highest BCUT2D eigenvalue weighted by Crippen LogP contribution is 2.51. The molecule has 1 aliphatic carbocycles. The van der Waals surface area contributed by atoms with E-state index in [1.165, 1.54) is 82.7 Å². The summed E-state index contributed by atoms with van der Waals surface area (Å²) in [5.41, 5.74) is 19.4. The molecule has 0 fully saturated rings. The molecule has 13 rings (SSSR count). The maximum Gasteiger partial charge on any atom is 0.160 e. The van der Waals surface area contributed by atoms with Gasteiger partial charge in [0.15, 0.2) is 5.82 Å². The fourth-order valence-corrected chi connectivity index (χ4v) is 10.5. The van der Waals surface area contributed by atoms with Crippen molar-refractivity contribution in [3.63, 3.8) is 0 Å². The summed E-state index contributed by atoms with van der Waals surface area (Å²) in [7, 11) is 0. The summed E-state index contributed by atoms with van der Waals surface area (Å²) in [6, 6.07) is 78.9. The molecule has 12 aromatic rings. The Morgan fingerprint density at radius 2 is 0.769 bits per heavy atom. The minimum Gasteiger partial charge on any atom is -0.309 e. The van der Waals surface area contributed by atoms with Gasteiger partial charge in [-0.2, -0.15) is 0 Å². The lowest BCUT2D eigenvalue weighted by atomic mass is 9.81. The summed E-state index contributed by atoms with van der Waals surface area (Å²) >= 11 is 0. The average Bonchev–Trinajstić information content (AvgIpc) is 3.96. The number of benzene rings is 9. The second-order valence-corrected chi connectivity index (χ2v) is 17.8. The lowest BCUT2D eigenvalue weighted by Gasteiger charge is -2.23. The van der Waals surface area contributed by atoms with Gasteiger partial charge in [-0.05, 0) is 106 Å². The Morgan fingerprint density at radius 1 is 0.323 bits per heavy atom. The van der Waals surface area contributed by atoms with Crippen LogP contribution in [0.15, 0.2) is 218 Å². The predicted molar refractivity (Wildman–Crippen MR) is 270 cm³/mol. The predicted octanol–water partition coefficient (Wildman–Crippen LogP) is 15.6. The highest BCUT2D eigenvalue weighted by atomic mass is 15.0. The second kappa shape index (κ2) is 14.3. The number of para-hydroxylation sites is 3. The molecule has 9 aromatic carbocycles. The van der Waals surface area contributed by atoms with Crippen molar-refractivity contribution in [2.24, 2.45) is 0 Å². The van der Waals surface area contributed by atoms with E-state index in [1.54, 1.807) is 0 Å². The number of aromatic nitrogens is 4. The van der Waals surface area contributed by atoms with E-state index in [1.807, 2.05) is 12.1 Å². The summed E-state index contributed by atoms with van der Waals surface area (Å²) in [6.07, 6.45) is 0. The van der Waals surface area contributed by atoms with Gasteiger partial charge in [0.25, 0.3) is 0 Å². The molecule has 0 radical (unpaired) electrons. The normalized spacial score (nSPS) is 12.9. The third-order valence-corrected chi connectivity index (χ3v) is 13.7. The van der Waals surface area contributed by atoms with Gasteiger partial charge in [-0.3, -0.25) is 0 Å². The maximum atomic E-state index is 5.18. The molecule has 0 unspecified atom stereocenters. The average molecular weight is 831 g/mol. The largest absolute Gasteiger partial charge is 0.309 e. The Hall–Kier alpha value is -8.34. The molecule has 0 saturated carbocycles. The molecule has 3 heterocycles. The van der Waals surface area contributed by atoms with E-state index in [2.05, 4.69) is 229 Å². The third-order valence-electron chi connectivity index (χ3n) is 13.7. The van der Waals surface area contributed by atoms with Gasteiger partial charge < -0.3 is 9.13 Å². The van der Waals surface area contributed by atoms with Crippen LogP contribution in [-0.4, -0.2) is 19.1 Å². The second-order valence-electron chi connectivity index (χ2n) is 17.8. The molecule has 0 N–H and O–H groups in total. The van der Waals surface area contributed by atoms with E-state index in [-0.39, 0.29) is 5.41 Å². The summed E-state index contributed by atoms with van der Waals surface area (Å²) in [5.74, 6) is 0.726. The summed E-state index contributed by atoms with van der Waals surface area (Å²) < 4.78 is 4.82. The molecule has 0 amide bonds. The van der Waals surface area contributed by atoms with Crippen molar-refractivity contribution < 1.29 is 0 Å². The van der Waals surface area contributed by atoms with Crippen molar-refractivity contribution in [1.82, 2.24) is 19.1 Å². The molecular formula is C61H42N4. The molecule has 0 spiro atoms. The number of nitrogens with zero attached hydrogens (tertiary/aromatic N) is 4. The van der Waals surface area contributed by atoms with E-state index >= 15 is 0 Å². The fraction of sp³-hybridized carbons (Fsp3) is 0.0492. The first-order valence-corrected chi connectivity index (χ1v) is 22.4. The van der Waals surface area contributed by atoms with Crippen molar-refractivity contribution in [1.29, 1.82) is 0 Å². The van der Waals surface area contributed by atoms with Crippen molar-refractivity contribution in [2.75, 3.05) is 0 Å². The minimum atomic E-state index is -0.260. The standard InChI is InChI=1S/C61H42N4/c1-61(2)52-36-43(60-62-54(39-16-6-3-7-17-39)38-55(63-60)40-18-8-4-9-19-40)26-30-46(52)47-31-29-45(37-53(47)61)65-57-25-15-13-23-49(57)51-35-42(28-33-59(51)65)41-27-32-58-50(34-41)48-22-12-14-24-56(48)64(58)44-20-10-5-11-21-44/h3-38H,1-2H3. The minimum absolute atomic E-state index is 0.260. The summed E-state index contributed by atoms with van der Waals surface area (Å²) in [5, 5.41) is 4.99. The van der Waals surface area contributed by atoms with Crippen molar-refractivity contribution >= 4 is 43.6 Å². The number of hydrogen-bond donors (Lipinski definition) is 0. The van der Waals surface area contributed by atoms with Gasteiger partial charge in [0.1, 0.15) is 0 Å². The zero-order valence-electron chi connectivity index (χ0n) is 36.1. The molecule has 4 nitrogen and oxygen atoms in total. The third kappa shape index (κ3) is 5.84. The monoisotopic (exact) mass is 830 g/mol. The van der Waals surface area contributed by atoms with Crippen LogP contribution in [0.3, 0.4) is 0 Å². The molecule has 306 valence electrons. The highest BCUT2D eigenvalue weighted by Gasteiger charge is 2.36. The van der Waals surface area contributed by atoms with E-state index in [9.17, 15) is 0 Å². The van der Waals surface area contributed by atoms with Crippen LogP contribution < -0.4 is 0 Å². The van der Waals surface area contributed by atoms with Gasteiger partial charge in [0.2, 0.25) is 0 Å². The number of fused-ring (bicyclic) bond motifs is 9. The van der Waals surface area contributed by atoms with Crippen LogP contribution in [0.25, 0.3) is 111 Å². The number of rotatable bonds is 6. The van der Waals surface area contributed by atoms with Crippen LogP contribution in [-0.2, 0) is 5.41 Å². The van der Waals surface area contributed by atoms with Crippen LogP contribution in [0.4, 0.5) is 0 Å². The number of hydrogen-bond acceptors (Lipinski definition) is 2. The van der Waals surface area contributed by atoms with Crippen LogP contribution in [0.1, 0.15) is 25.0 Å². The van der Waals surface area contributed by atoms with Gasteiger partial charge in [-0.25, -0.2) is 9.97 Å². The quantitative estimate of drug-likeness (QED) is 0.167. The van der Waals surface area contributed by atoms with Crippen LogP contribution in [0.2, 0.25) is 0 Å². The lowest BCUT2D eigenvalue weighted by molar-refractivity contribution is 0.660. The first kappa shape index (κ1) is 37.2. The van der Waals surface area contributed by atoms with Crippen LogP contribution in [0, 0.1) is 0 Å². The molecule has 3 aromatic heterocycles. The van der Waals surface area contributed by atoms with Gasteiger partial charge in [-0.1, -0.05) is 159 Å². The summed E-state index contributed by atoms with van der Waals surface area (Å²) in [4.78, 5) is 10.4. The van der Waals surface area contributed by atoms with E-state index in [0.717, 1.165) is 39.6 Å². The van der Waals surface area contributed by atoms with E-state index < -0.39 is 0 Å². The Labute approximate surface area is 377 Å². The Morgan fingerprint density at radius 3 is 1.34 bits per heavy atom. The van der Waals surface area contributed by atoms with Crippen molar-refractivity contribution in [2.45, 2.75) is 19.3 Å². The topological polar surface area (TPSA) is 35.6 Å². The first-order valence-electron chi connectivity index (χ1n) is 22.4. The van der Waals surface area contributed by atoms with Gasteiger partial charge in [-0.15, -0.1) is 0 Å². The van der Waals surface area contributed by atoms with Gasteiger partial charge in [0, 0.05) is 55.0 Å². The highest BCUT2D eigenvalue weighted by molar-refractivity contribution is 6.12. The molecule has 0 atom stereocenters. The zero-order valence-corrected chi connectivity index (χ0v) is 36.1. The van der Waals surface area contributed by atoms with Crippen molar-refractivity contribution in [3.8, 4) is 67.5 Å². The molecule has 1 aliphatic rings. The Balaban J connectivity index is 0.900. The molecule has 65 heavy (non-hydrogen) atoms. The van der Waals surface area contributed by atoms with E-state index in [4.69, 9.17) is 9.97 Å². The molecule has 4 heteroatoms. The molecule has 0 bridgehead atoms. The smallest absolute Gasteiger partial charge is 0.160 e. The van der Waals surface area contributed by atoms with Gasteiger partial charge >= 0.3 is 0 Å². The Bertz CT molecular complexity index is 3780. The molecule has 0 aliphatic heterocycles. The maximum absolute atomic E-state index is 5.18. The van der Waals surface area contributed by atoms with E-state index in [0.29, 0.717) is 0 Å². The first-order chi connectivity index (χ1) is 32.0. The van der Waals surface area contributed by atoms with Gasteiger partial charge in [0.05, 0.1) is 33.5 Å². The Kier molecular flexibility index (Phi) is 8.22. The van der Waals surface area contributed by atoms with Crippen LogP contribution in [0.5, 0.6) is 0 Å². The SMILES string of the molecule is CC1(C)c2cc(-c3nc(-c4ccccc4)cc(-c4ccccc4)n3)ccc2-c2ccc(-n3c4ccccc4c4cc(-c5ccc6c(c5)c5ccccc5n6-c5ccccc5)ccc43)cc21. The zero-order chi connectivity index (χ0) is 43.2.